The maximum absolute atomic E-state index is 11.5. The fraction of sp³-hybridized carbons (Fsp3) is 0.939. The molecule has 0 aromatic carbocycles. The molecule has 4 heteroatoms. The van der Waals surface area contributed by atoms with Crippen molar-refractivity contribution in [1.82, 2.24) is 0 Å². The van der Waals surface area contributed by atoms with Crippen LogP contribution in [-0.4, -0.2) is 37.3 Å². The van der Waals surface area contributed by atoms with E-state index in [4.69, 9.17) is 4.43 Å². The van der Waals surface area contributed by atoms with Gasteiger partial charge in [0, 0.05) is 6.61 Å². The summed E-state index contributed by atoms with van der Waals surface area (Å²) < 4.78 is 6.50. The molecule has 4 aliphatic carbocycles. The van der Waals surface area contributed by atoms with Gasteiger partial charge in [-0.2, -0.15) is 0 Å². The van der Waals surface area contributed by atoms with Crippen molar-refractivity contribution in [2.45, 2.75) is 143 Å². The largest absolute Gasteiger partial charge is 0.417 e. The van der Waals surface area contributed by atoms with Crippen LogP contribution in [0.25, 0.3) is 0 Å². The number of aliphatic hydroxyl groups is 2. The third-order valence-corrected chi connectivity index (χ3v) is 17.2. The molecule has 3 fully saturated rings. The highest BCUT2D eigenvalue weighted by Crippen LogP contribution is 2.67. The Hall–Kier alpha value is -0.163. The highest BCUT2D eigenvalue weighted by atomic mass is 28.4. The lowest BCUT2D eigenvalue weighted by molar-refractivity contribution is -0.0620. The lowest BCUT2D eigenvalue weighted by Crippen LogP contribution is -2.51. The van der Waals surface area contributed by atoms with E-state index in [-0.39, 0.29) is 28.1 Å². The van der Waals surface area contributed by atoms with Crippen LogP contribution in [0.15, 0.2) is 11.6 Å². The van der Waals surface area contributed by atoms with Gasteiger partial charge in [-0.3, -0.25) is 0 Å². The summed E-state index contributed by atoms with van der Waals surface area (Å²) in [6.45, 7) is 22.4. The van der Waals surface area contributed by atoms with Crippen LogP contribution in [0.3, 0.4) is 0 Å². The number of fused-ring (bicyclic) bond motifs is 5. The summed E-state index contributed by atoms with van der Waals surface area (Å²) in [5.41, 5.74) is 2.10. The average Bonchev–Trinajstić information content (AvgIpc) is 3.07. The number of hydrogen-bond acceptors (Lipinski definition) is 3. The zero-order valence-corrected chi connectivity index (χ0v) is 26.8. The van der Waals surface area contributed by atoms with Crippen LogP contribution in [0, 0.1) is 46.3 Å². The molecule has 3 saturated carbocycles. The van der Waals surface area contributed by atoms with E-state index in [1.165, 1.54) is 38.5 Å². The second kappa shape index (κ2) is 10.7. The van der Waals surface area contributed by atoms with E-state index in [0.717, 1.165) is 38.2 Å². The third kappa shape index (κ3) is 5.57. The molecule has 3 nitrogen and oxygen atoms in total. The van der Waals surface area contributed by atoms with E-state index in [1.807, 2.05) is 0 Å². The van der Waals surface area contributed by atoms with Crippen LogP contribution in [0.5, 0.6) is 0 Å². The normalized spacial score (nSPS) is 41.9. The summed E-state index contributed by atoms with van der Waals surface area (Å²) >= 11 is 0. The molecule has 0 aromatic rings. The van der Waals surface area contributed by atoms with Crippen molar-refractivity contribution in [2.75, 3.05) is 6.61 Å². The van der Waals surface area contributed by atoms with Gasteiger partial charge in [-0.05, 0) is 116 Å². The summed E-state index contributed by atoms with van der Waals surface area (Å²) in [5.74, 6) is 3.70. The first kappa shape index (κ1) is 29.8. The monoisotopic (exact) mass is 532 g/mol. The van der Waals surface area contributed by atoms with Crippen molar-refractivity contribution < 1.29 is 14.6 Å². The van der Waals surface area contributed by atoms with Crippen LogP contribution in [0.2, 0.25) is 18.1 Å². The molecule has 214 valence electrons. The molecule has 10 atom stereocenters. The molecule has 0 amide bonds. The van der Waals surface area contributed by atoms with E-state index in [1.54, 1.807) is 5.57 Å². The topological polar surface area (TPSA) is 49.7 Å². The average molecular weight is 533 g/mol. The Labute approximate surface area is 230 Å². The van der Waals surface area contributed by atoms with Crippen LogP contribution < -0.4 is 0 Å². The second-order valence-corrected chi connectivity index (χ2v) is 20.9. The molecular formula is C33H60O3Si. The van der Waals surface area contributed by atoms with Crippen LogP contribution >= 0.6 is 0 Å². The maximum atomic E-state index is 11.5. The van der Waals surface area contributed by atoms with E-state index in [2.05, 4.69) is 67.6 Å². The maximum Gasteiger partial charge on any atom is 0.191 e. The Balaban J connectivity index is 1.35. The van der Waals surface area contributed by atoms with Crippen LogP contribution in [-0.2, 0) is 4.43 Å². The fourth-order valence-electron chi connectivity index (χ4n) is 9.34. The highest BCUT2D eigenvalue weighted by Gasteiger charge is 2.61. The van der Waals surface area contributed by atoms with Gasteiger partial charge in [-0.15, -0.1) is 0 Å². The van der Waals surface area contributed by atoms with Gasteiger partial charge >= 0.3 is 0 Å². The Morgan fingerprint density at radius 3 is 2.43 bits per heavy atom. The standard InChI is InChI=1S/C33H60O3Si/c1-22(21-36-37(8,9)31(3,4)5)11-10-12-23(2)30-29(35)20-28-26-14-13-24-19-25(34)15-17-32(24,6)27(26)16-18-33(28,30)7/h13,22-23,25-30,34-35H,10-12,14-21H2,1-9H3/t22-,23-,25?,26-,27+,28+,29+,30+,32+,33+/m1/s1. The van der Waals surface area contributed by atoms with Gasteiger partial charge in [-0.25, -0.2) is 0 Å². The lowest BCUT2D eigenvalue weighted by atomic mass is 9.47. The SMILES string of the molecule is C[C@H](CCC[C@@H](C)[C@H]1[C@@H](O)C[C@H]2[C@@H]3CC=C4CC(O)CC[C@]4(C)[C@H]3CC[C@]12C)CO[Si](C)(C)C(C)(C)C. The van der Waals surface area contributed by atoms with Crippen molar-refractivity contribution in [3.63, 3.8) is 0 Å². The molecule has 0 bridgehead atoms. The van der Waals surface area contributed by atoms with Gasteiger partial charge in [0.05, 0.1) is 12.2 Å². The summed E-state index contributed by atoms with van der Waals surface area (Å²) in [4.78, 5) is 0. The minimum Gasteiger partial charge on any atom is -0.417 e. The summed E-state index contributed by atoms with van der Waals surface area (Å²) in [7, 11) is -1.67. The molecule has 0 aromatic heterocycles. The Kier molecular flexibility index (Phi) is 8.60. The molecular weight excluding hydrogens is 472 g/mol. The number of rotatable bonds is 8. The first-order valence-corrected chi connectivity index (χ1v) is 18.7. The van der Waals surface area contributed by atoms with Gasteiger partial charge < -0.3 is 14.6 Å². The molecule has 0 spiro atoms. The van der Waals surface area contributed by atoms with Crippen molar-refractivity contribution >= 4 is 8.32 Å². The van der Waals surface area contributed by atoms with Gasteiger partial charge in [-0.1, -0.05) is 73.0 Å². The predicted octanol–water partition coefficient (Wildman–Crippen LogP) is 8.36. The van der Waals surface area contributed by atoms with Crippen molar-refractivity contribution in [3.05, 3.63) is 11.6 Å². The summed E-state index contributed by atoms with van der Waals surface area (Å²) in [5, 5.41) is 22.0. The molecule has 2 N–H and O–H groups in total. The summed E-state index contributed by atoms with van der Waals surface area (Å²) in [6, 6.07) is 0. The first-order chi connectivity index (χ1) is 17.1. The summed E-state index contributed by atoms with van der Waals surface area (Å²) in [6.07, 6.45) is 13.7. The number of aliphatic hydroxyl groups excluding tert-OH is 2. The molecule has 37 heavy (non-hydrogen) atoms. The molecule has 0 radical (unpaired) electrons. The molecule has 4 aliphatic rings. The van der Waals surface area contributed by atoms with Gasteiger partial charge in [0.2, 0.25) is 0 Å². The van der Waals surface area contributed by atoms with Gasteiger partial charge in [0.1, 0.15) is 0 Å². The van der Waals surface area contributed by atoms with E-state index >= 15 is 0 Å². The quantitative estimate of drug-likeness (QED) is 0.244. The molecule has 0 heterocycles. The zero-order valence-electron chi connectivity index (χ0n) is 25.8. The Morgan fingerprint density at radius 1 is 1.05 bits per heavy atom. The third-order valence-electron chi connectivity index (χ3n) is 12.7. The fourth-order valence-corrected chi connectivity index (χ4v) is 10.5. The molecule has 0 saturated heterocycles. The van der Waals surface area contributed by atoms with E-state index in [0.29, 0.717) is 29.6 Å². The predicted molar refractivity (Wildman–Crippen MR) is 158 cm³/mol. The van der Waals surface area contributed by atoms with E-state index in [9.17, 15) is 10.2 Å². The van der Waals surface area contributed by atoms with Gasteiger partial charge in [0.15, 0.2) is 8.32 Å². The lowest BCUT2D eigenvalue weighted by Gasteiger charge is -2.58. The zero-order chi connectivity index (χ0) is 27.4. The number of hydrogen-bond donors (Lipinski definition) is 2. The smallest absolute Gasteiger partial charge is 0.191 e. The molecule has 1 unspecified atom stereocenters. The van der Waals surface area contributed by atoms with E-state index < -0.39 is 8.32 Å². The minimum atomic E-state index is -1.67. The highest BCUT2D eigenvalue weighted by molar-refractivity contribution is 6.74. The second-order valence-electron chi connectivity index (χ2n) is 16.1. The number of allylic oxidation sites excluding steroid dienone is 1. The minimum absolute atomic E-state index is 0.135. The Bertz CT molecular complexity index is 830. The van der Waals surface area contributed by atoms with Crippen LogP contribution in [0.4, 0.5) is 0 Å². The van der Waals surface area contributed by atoms with Crippen LogP contribution in [0.1, 0.15) is 113 Å². The Morgan fingerprint density at radius 2 is 1.76 bits per heavy atom. The van der Waals surface area contributed by atoms with Crippen molar-refractivity contribution in [3.8, 4) is 0 Å². The van der Waals surface area contributed by atoms with Crippen molar-refractivity contribution in [2.24, 2.45) is 46.3 Å². The molecule has 4 rings (SSSR count). The molecule has 0 aliphatic heterocycles. The first-order valence-electron chi connectivity index (χ1n) is 15.8. The van der Waals surface area contributed by atoms with Crippen molar-refractivity contribution in [1.29, 1.82) is 0 Å². The van der Waals surface area contributed by atoms with Gasteiger partial charge in [0.25, 0.3) is 0 Å².